The highest BCUT2D eigenvalue weighted by Gasteiger charge is 2.20. The van der Waals surface area contributed by atoms with Crippen LogP contribution in [0.25, 0.3) is 0 Å². The van der Waals surface area contributed by atoms with Crippen LogP contribution in [-0.2, 0) is 6.42 Å². The predicted octanol–water partition coefficient (Wildman–Crippen LogP) is 5.18. The number of hydrogen-bond acceptors (Lipinski definition) is 3. The molecular weight excluding hydrogens is 320 g/mol. The number of nitrogens with zero attached hydrogens (tertiary/aromatic N) is 2. The molecule has 0 bridgehead atoms. The van der Waals surface area contributed by atoms with E-state index in [1.807, 2.05) is 13.0 Å². The van der Waals surface area contributed by atoms with Gasteiger partial charge >= 0.3 is 0 Å². The predicted molar refractivity (Wildman–Crippen MR) is 112 cm³/mol. The fraction of sp³-hybridized carbons (Fsp3) is 0.696. The lowest BCUT2D eigenvalue weighted by Crippen LogP contribution is -2.47. The summed E-state index contributed by atoms with van der Waals surface area (Å²) in [6.07, 6.45) is 6.83. The third kappa shape index (κ3) is 5.57. The zero-order valence-electron chi connectivity index (χ0n) is 17.4. The maximum Gasteiger partial charge on any atom is 0.162 e. The third-order valence-corrected chi connectivity index (χ3v) is 5.74. The molecule has 3 heteroatoms. The summed E-state index contributed by atoms with van der Waals surface area (Å²) in [6.45, 7) is 14.5. The zero-order valence-corrected chi connectivity index (χ0v) is 17.4. The monoisotopic (exact) mass is 358 g/mol. The van der Waals surface area contributed by atoms with E-state index < -0.39 is 0 Å². The molecule has 0 atom stereocenters. The van der Waals surface area contributed by atoms with Crippen LogP contribution in [0.2, 0.25) is 0 Å². The highest BCUT2D eigenvalue weighted by molar-refractivity contribution is 5.97. The molecule has 1 aromatic carbocycles. The van der Waals surface area contributed by atoms with Crippen molar-refractivity contribution in [1.82, 2.24) is 4.90 Å². The molecule has 26 heavy (non-hydrogen) atoms. The van der Waals surface area contributed by atoms with Crippen LogP contribution in [0.5, 0.6) is 0 Å². The minimum atomic E-state index is 0.260. The molecule has 0 radical (unpaired) electrons. The smallest absolute Gasteiger partial charge is 0.162 e. The fourth-order valence-electron chi connectivity index (χ4n) is 4.23. The van der Waals surface area contributed by atoms with E-state index in [9.17, 15) is 4.79 Å². The molecule has 0 amide bonds. The van der Waals surface area contributed by atoms with Gasteiger partial charge in [0, 0.05) is 50.4 Å². The van der Waals surface area contributed by atoms with Crippen LogP contribution in [-0.4, -0.2) is 43.4 Å². The van der Waals surface area contributed by atoms with E-state index in [-0.39, 0.29) is 5.78 Å². The topological polar surface area (TPSA) is 23.6 Å². The molecule has 1 fully saturated rings. The maximum absolute atomic E-state index is 12.1. The van der Waals surface area contributed by atoms with E-state index in [1.54, 1.807) is 0 Å². The summed E-state index contributed by atoms with van der Waals surface area (Å²) in [5.74, 6) is 1.12. The molecule has 1 aliphatic heterocycles. The Hall–Kier alpha value is -1.35. The molecule has 0 N–H and O–H groups in total. The number of piperazine rings is 1. The summed E-state index contributed by atoms with van der Waals surface area (Å²) in [7, 11) is 0. The number of aryl methyl sites for hydroxylation is 1. The Morgan fingerprint density at radius 2 is 1.65 bits per heavy atom. The molecule has 1 heterocycles. The van der Waals surface area contributed by atoms with E-state index in [0.29, 0.717) is 6.42 Å². The molecule has 2 rings (SSSR count). The maximum atomic E-state index is 12.1. The standard InChI is InChI=1S/C23H38N2O/c1-5-9-19(10-6-2)18-24-13-15-25(16-14-24)21-11-12-22(23(26)8-4)20(7-3)17-21/h11-12,17,19H,5-10,13-16,18H2,1-4H3. The molecule has 1 aromatic rings. The van der Waals surface area contributed by atoms with Gasteiger partial charge in [0.15, 0.2) is 5.78 Å². The van der Waals surface area contributed by atoms with Crippen molar-refractivity contribution in [2.75, 3.05) is 37.6 Å². The minimum absolute atomic E-state index is 0.260. The van der Waals surface area contributed by atoms with Gasteiger partial charge in [-0.3, -0.25) is 9.69 Å². The summed E-state index contributed by atoms with van der Waals surface area (Å²) in [5.41, 5.74) is 3.40. The number of rotatable bonds is 10. The lowest BCUT2D eigenvalue weighted by molar-refractivity contribution is 0.0987. The van der Waals surface area contributed by atoms with E-state index >= 15 is 0 Å². The first kappa shape index (κ1) is 21.0. The van der Waals surface area contributed by atoms with Gasteiger partial charge in [0.2, 0.25) is 0 Å². The minimum Gasteiger partial charge on any atom is -0.369 e. The van der Waals surface area contributed by atoms with Crippen LogP contribution in [0.1, 0.15) is 75.7 Å². The highest BCUT2D eigenvalue weighted by Crippen LogP contribution is 2.23. The zero-order chi connectivity index (χ0) is 18.9. The average Bonchev–Trinajstić information content (AvgIpc) is 2.68. The van der Waals surface area contributed by atoms with Gasteiger partial charge in [-0.05, 0) is 48.9 Å². The summed E-state index contributed by atoms with van der Waals surface area (Å²) in [6, 6.07) is 6.44. The Morgan fingerprint density at radius 1 is 1.00 bits per heavy atom. The Kier molecular flexibility index (Phi) is 8.64. The largest absolute Gasteiger partial charge is 0.369 e. The first-order valence-electron chi connectivity index (χ1n) is 10.8. The fourth-order valence-corrected chi connectivity index (χ4v) is 4.23. The van der Waals surface area contributed by atoms with Gasteiger partial charge in [-0.25, -0.2) is 0 Å². The van der Waals surface area contributed by atoms with Crippen LogP contribution in [0, 0.1) is 5.92 Å². The Labute approximate surface area is 160 Å². The van der Waals surface area contributed by atoms with Crippen molar-refractivity contribution >= 4 is 11.5 Å². The van der Waals surface area contributed by atoms with Gasteiger partial charge in [0.1, 0.15) is 0 Å². The second-order valence-corrected chi connectivity index (χ2v) is 7.70. The summed E-state index contributed by atoms with van der Waals surface area (Å²) in [4.78, 5) is 17.3. The van der Waals surface area contributed by atoms with Gasteiger partial charge in [0.05, 0.1) is 0 Å². The summed E-state index contributed by atoms with van der Waals surface area (Å²) >= 11 is 0. The number of anilines is 1. The first-order valence-corrected chi connectivity index (χ1v) is 10.8. The van der Waals surface area contributed by atoms with Crippen LogP contribution in [0.15, 0.2) is 18.2 Å². The molecular formula is C23H38N2O. The number of hydrogen-bond donors (Lipinski definition) is 0. The molecule has 0 aliphatic carbocycles. The van der Waals surface area contributed by atoms with Crippen molar-refractivity contribution in [2.24, 2.45) is 5.92 Å². The van der Waals surface area contributed by atoms with E-state index in [1.165, 1.54) is 43.5 Å². The van der Waals surface area contributed by atoms with Gasteiger partial charge in [-0.15, -0.1) is 0 Å². The lowest BCUT2D eigenvalue weighted by atomic mass is 9.97. The van der Waals surface area contributed by atoms with Crippen molar-refractivity contribution < 1.29 is 4.79 Å². The molecule has 0 saturated carbocycles. The van der Waals surface area contributed by atoms with Gasteiger partial charge in [-0.1, -0.05) is 40.5 Å². The van der Waals surface area contributed by atoms with Crippen LogP contribution in [0.4, 0.5) is 5.69 Å². The Balaban J connectivity index is 1.96. The van der Waals surface area contributed by atoms with Crippen LogP contribution in [0.3, 0.4) is 0 Å². The van der Waals surface area contributed by atoms with Crippen molar-refractivity contribution in [1.29, 1.82) is 0 Å². The second-order valence-electron chi connectivity index (χ2n) is 7.70. The number of carbonyl (C=O) groups is 1. The molecule has 1 aliphatic rings. The highest BCUT2D eigenvalue weighted by atomic mass is 16.1. The number of Topliss-reactive ketones (excluding diaryl/α,β-unsaturated/α-hetero) is 1. The van der Waals surface area contributed by atoms with E-state index in [0.717, 1.165) is 44.1 Å². The van der Waals surface area contributed by atoms with E-state index in [4.69, 9.17) is 0 Å². The summed E-state index contributed by atoms with van der Waals surface area (Å²) in [5, 5.41) is 0. The molecule has 0 unspecified atom stereocenters. The van der Waals surface area contributed by atoms with Crippen molar-refractivity contribution in [2.45, 2.75) is 66.2 Å². The number of carbonyl (C=O) groups excluding carboxylic acids is 1. The van der Waals surface area contributed by atoms with Crippen molar-refractivity contribution in [3.8, 4) is 0 Å². The molecule has 146 valence electrons. The Bertz CT molecular complexity index is 555. The van der Waals surface area contributed by atoms with Crippen molar-refractivity contribution in [3.63, 3.8) is 0 Å². The van der Waals surface area contributed by atoms with Gasteiger partial charge in [-0.2, -0.15) is 0 Å². The normalized spacial score (nSPS) is 15.7. The third-order valence-electron chi connectivity index (χ3n) is 5.74. The molecule has 3 nitrogen and oxygen atoms in total. The van der Waals surface area contributed by atoms with Crippen molar-refractivity contribution in [3.05, 3.63) is 29.3 Å². The lowest BCUT2D eigenvalue weighted by Gasteiger charge is -2.38. The molecule has 0 spiro atoms. The van der Waals surface area contributed by atoms with Gasteiger partial charge in [0.25, 0.3) is 0 Å². The summed E-state index contributed by atoms with van der Waals surface area (Å²) < 4.78 is 0. The van der Waals surface area contributed by atoms with E-state index in [2.05, 4.69) is 42.7 Å². The number of ketones is 1. The SMILES string of the molecule is CCCC(CCC)CN1CCN(c2ccc(C(=O)CC)c(CC)c2)CC1. The van der Waals surface area contributed by atoms with Crippen LogP contribution >= 0.6 is 0 Å². The number of benzene rings is 1. The van der Waals surface area contributed by atoms with Gasteiger partial charge < -0.3 is 4.90 Å². The molecule has 0 aromatic heterocycles. The average molecular weight is 359 g/mol. The van der Waals surface area contributed by atoms with Crippen LogP contribution < -0.4 is 4.90 Å². The molecule has 1 saturated heterocycles. The Morgan fingerprint density at radius 3 is 2.19 bits per heavy atom. The second kappa shape index (κ2) is 10.7. The quantitative estimate of drug-likeness (QED) is 0.538. The first-order chi connectivity index (χ1) is 12.6.